The van der Waals surface area contributed by atoms with Crippen molar-refractivity contribution < 1.29 is 178 Å². The molecule has 2 aliphatic rings. The molecule has 1 saturated carbocycles. The normalized spacial score (nSPS) is 21.3. The van der Waals surface area contributed by atoms with Crippen molar-refractivity contribution in [3.63, 3.8) is 0 Å². The van der Waals surface area contributed by atoms with Gasteiger partial charge in [0.05, 0.1) is 295 Å². The maximum atomic E-state index is 9.99. The second-order valence-electron chi connectivity index (χ2n) is 22.3. The number of ether oxygens (including phenoxy) is 15. The Morgan fingerprint density at radius 3 is 0.958 bits per heavy atom. The van der Waals surface area contributed by atoms with Crippen LogP contribution in [0.2, 0.25) is 0 Å². The van der Waals surface area contributed by atoms with Crippen LogP contribution in [0.3, 0.4) is 0 Å². The molecule has 9 atom stereocenters. The molecule has 1 heterocycles. The second kappa shape index (κ2) is 65.8. The summed E-state index contributed by atoms with van der Waals surface area (Å²) in [4.78, 5) is 0. The molecular formula is C59H124O36. The van der Waals surface area contributed by atoms with E-state index in [0.717, 1.165) is 6.42 Å². The summed E-state index contributed by atoms with van der Waals surface area (Å²) in [5, 5.41) is 190. The summed E-state index contributed by atoms with van der Waals surface area (Å²) in [6, 6.07) is 0. The maximum absolute atomic E-state index is 9.99. The van der Waals surface area contributed by atoms with Crippen molar-refractivity contribution in [2.24, 2.45) is 21.7 Å². The highest BCUT2D eigenvalue weighted by atomic mass is 16.6. The number of hydrogen-bond acceptors (Lipinski definition) is 36. The first kappa shape index (κ1) is 97.7. The maximum Gasteiger partial charge on any atom is 0.111 e. The van der Waals surface area contributed by atoms with Crippen LogP contribution in [0.5, 0.6) is 0 Å². The van der Waals surface area contributed by atoms with Gasteiger partial charge < -0.3 is 178 Å². The number of aliphatic hydroxyl groups is 21. The van der Waals surface area contributed by atoms with Crippen molar-refractivity contribution in [2.45, 2.75) is 81.6 Å². The Kier molecular flexibility index (Phi) is 67.7. The third-order valence-electron chi connectivity index (χ3n) is 13.8. The molecule has 2 rings (SSSR count). The van der Waals surface area contributed by atoms with E-state index in [4.69, 9.17) is 143 Å². The van der Waals surface area contributed by atoms with E-state index in [-0.39, 0.29) is 235 Å². The Balaban J connectivity index is -0.00000113. The van der Waals surface area contributed by atoms with Crippen LogP contribution < -0.4 is 0 Å². The van der Waals surface area contributed by atoms with Crippen LogP contribution in [-0.4, -0.2) is 440 Å². The average molecular weight is 1410 g/mol. The van der Waals surface area contributed by atoms with Gasteiger partial charge in [-0.2, -0.15) is 0 Å². The molecule has 36 nitrogen and oxygen atoms in total. The van der Waals surface area contributed by atoms with Crippen LogP contribution in [0, 0.1) is 21.7 Å². The fourth-order valence-corrected chi connectivity index (χ4v) is 8.62. The quantitative estimate of drug-likeness (QED) is 0.0251. The van der Waals surface area contributed by atoms with Gasteiger partial charge in [-0.05, 0) is 12.8 Å². The van der Waals surface area contributed by atoms with Gasteiger partial charge in [-0.25, -0.2) is 0 Å². The summed E-state index contributed by atoms with van der Waals surface area (Å²) in [6.07, 6.45) is -10.1. The minimum atomic E-state index is -1.52. The molecule has 0 spiro atoms. The van der Waals surface area contributed by atoms with E-state index in [1.54, 1.807) is 0 Å². The Morgan fingerprint density at radius 1 is 0.368 bits per heavy atom. The van der Waals surface area contributed by atoms with Crippen molar-refractivity contribution in [3.8, 4) is 0 Å². The minimum absolute atomic E-state index is 0.0191. The zero-order chi connectivity index (χ0) is 71.9. The molecular weight excluding hydrogens is 1280 g/mol. The van der Waals surface area contributed by atoms with E-state index < -0.39 is 72.9 Å². The van der Waals surface area contributed by atoms with Crippen molar-refractivity contribution in [1.82, 2.24) is 0 Å². The summed E-state index contributed by atoms with van der Waals surface area (Å²) in [5.41, 5.74) is -2.54. The lowest BCUT2D eigenvalue weighted by molar-refractivity contribution is -0.241. The van der Waals surface area contributed by atoms with E-state index in [2.05, 4.69) is 0 Å². The number of rotatable bonds is 58. The molecule has 0 amide bonds. The molecule has 0 aromatic carbocycles. The van der Waals surface area contributed by atoms with Crippen molar-refractivity contribution in [2.75, 3.05) is 277 Å². The molecule has 1 aliphatic carbocycles. The molecule has 95 heavy (non-hydrogen) atoms. The highest BCUT2D eigenvalue weighted by Gasteiger charge is 2.53. The lowest BCUT2D eigenvalue weighted by Gasteiger charge is -2.40. The molecule has 0 aromatic rings. The number of hydrogen-bond donors (Lipinski definition) is 21. The molecule has 576 valence electrons. The molecule has 2 fully saturated rings. The van der Waals surface area contributed by atoms with E-state index in [1.807, 2.05) is 13.8 Å². The monoisotopic (exact) mass is 1410 g/mol. The van der Waals surface area contributed by atoms with E-state index in [1.165, 1.54) is 0 Å². The van der Waals surface area contributed by atoms with Gasteiger partial charge in [0, 0.05) is 16.2 Å². The molecule has 1 saturated heterocycles. The molecule has 0 bridgehead atoms. The summed E-state index contributed by atoms with van der Waals surface area (Å²) < 4.78 is 79.4. The van der Waals surface area contributed by atoms with Gasteiger partial charge in [0.25, 0.3) is 0 Å². The van der Waals surface area contributed by atoms with Gasteiger partial charge in [0.2, 0.25) is 0 Å². The van der Waals surface area contributed by atoms with Gasteiger partial charge in [-0.1, -0.05) is 13.8 Å². The van der Waals surface area contributed by atoms with Crippen LogP contribution in [0.25, 0.3) is 0 Å². The fourth-order valence-electron chi connectivity index (χ4n) is 8.62. The van der Waals surface area contributed by atoms with Crippen LogP contribution in [0.15, 0.2) is 0 Å². The summed E-state index contributed by atoms with van der Waals surface area (Å²) >= 11 is 0. The molecule has 1 aliphatic heterocycles. The fraction of sp³-hybridized carbons (Fsp3) is 1.00. The topological polar surface area (TPSA) is 563 Å². The van der Waals surface area contributed by atoms with E-state index in [9.17, 15) is 35.7 Å². The lowest BCUT2D eigenvalue weighted by atomic mass is 9.85. The molecule has 21 N–H and O–H groups in total. The second-order valence-corrected chi connectivity index (χ2v) is 22.3. The third-order valence-corrected chi connectivity index (χ3v) is 13.8. The van der Waals surface area contributed by atoms with Gasteiger partial charge in [-0.3, -0.25) is 0 Å². The van der Waals surface area contributed by atoms with Gasteiger partial charge in [0.1, 0.15) is 42.7 Å². The third kappa shape index (κ3) is 47.4. The summed E-state index contributed by atoms with van der Waals surface area (Å²) in [6.45, 7) is 8.79. The summed E-state index contributed by atoms with van der Waals surface area (Å²) in [7, 11) is 0. The molecule has 9 unspecified atom stereocenters. The van der Waals surface area contributed by atoms with Crippen LogP contribution in [0.1, 0.15) is 26.7 Å². The van der Waals surface area contributed by atoms with Crippen LogP contribution in [0.4, 0.5) is 0 Å². The largest absolute Gasteiger partial charge is 0.396 e. The van der Waals surface area contributed by atoms with Gasteiger partial charge in [-0.15, -0.1) is 0 Å². The molecule has 0 radical (unpaired) electrons. The van der Waals surface area contributed by atoms with Gasteiger partial charge >= 0.3 is 0 Å². The van der Waals surface area contributed by atoms with Crippen molar-refractivity contribution in [1.29, 1.82) is 0 Å². The summed E-state index contributed by atoms with van der Waals surface area (Å²) in [5.74, 6) is 0. The Hall–Kier alpha value is -1.44. The Bertz CT molecular complexity index is 1470. The van der Waals surface area contributed by atoms with Crippen molar-refractivity contribution >= 4 is 0 Å². The average Bonchev–Trinajstić information content (AvgIpc) is 1.68. The smallest absolute Gasteiger partial charge is 0.111 e. The van der Waals surface area contributed by atoms with Crippen molar-refractivity contribution in [3.05, 3.63) is 0 Å². The zero-order valence-corrected chi connectivity index (χ0v) is 55.8. The predicted molar refractivity (Wildman–Crippen MR) is 332 cm³/mol. The zero-order valence-electron chi connectivity index (χ0n) is 55.8. The highest BCUT2D eigenvalue weighted by molar-refractivity contribution is 5.02. The van der Waals surface area contributed by atoms with E-state index in [0.29, 0.717) is 52.9 Å². The Morgan fingerprint density at radius 2 is 0.674 bits per heavy atom. The first-order valence-electron chi connectivity index (χ1n) is 31.8. The van der Waals surface area contributed by atoms with Crippen LogP contribution >= 0.6 is 0 Å². The standard InChI is InChI=1S/C14H26O10.C13H28O8.C12H26O6.C11H24O6.C9H20O6/c15-2-7-10(19)12(21)11(20)8(24-7)3-23-5-14(4-16)1-6(17)9(18)13(14)22;14-1-5-18-9-13(10-19-6-2-15,11-20-7-3-16)12-21-8-4-17;1-2-12(9-16-6-3-13,10-17-7-4-14)11-18-8-5-15;1-11(8-15-5-2-12,9-16-6-3-13)10-17-7-4-14;10-1-4-13-7-9(15-6-3-12)8-14-5-2-11/h6-13,15-22H,1-5H2;14-17H,1-12H2;13-15H,2-11H2,1H3;12-14H,2-10H2,1H3;9-12H,1-8H2. The highest BCUT2D eigenvalue weighted by Crippen LogP contribution is 2.39. The predicted octanol–water partition coefficient (Wildman–Crippen LogP) is -9.87. The number of aliphatic hydroxyl groups excluding tert-OH is 21. The van der Waals surface area contributed by atoms with Gasteiger partial charge in [0.15, 0.2) is 0 Å². The first-order valence-corrected chi connectivity index (χ1v) is 31.8. The van der Waals surface area contributed by atoms with E-state index >= 15 is 0 Å². The lowest BCUT2D eigenvalue weighted by Crippen LogP contribution is -2.59. The Labute approximate surface area is 557 Å². The molecule has 0 aromatic heterocycles. The minimum Gasteiger partial charge on any atom is -0.396 e. The SMILES string of the molecule is CC(COCCO)(COCCO)COCCO.CCC(COCCO)(COCCO)COCCO.OCC1OC(COCC2(CO)CC(O)C(O)C2O)C(O)C(O)C1O.OCCOCC(COCCO)(COCCO)COCCO.OCCOCC(COCCO)OCCO. The first-order chi connectivity index (χ1) is 45.8. The van der Waals surface area contributed by atoms with Crippen LogP contribution in [-0.2, 0) is 71.1 Å². The molecule has 36 heteroatoms.